The molecule has 0 spiro atoms. The molecule has 0 amide bonds. The average Bonchev–Trinajstić information content (AvgIpc) is 3.69. The maximum absolute atomic E-state index is 13.4. The van der Waals surface area contributed by atoms with Crippen molar-refractivity contribution in [3.05, 3.63) is 64.1 Å². The Hall–Kier alpha value is -3.80. The van der Waals surface area contributed by atoms with Gasteiger partial charge in [0, 0.05) is 32.1 Å². The number of anilines is 1. The molecule has 1 aliphatic heterocycles. The number of piperidine rings is 1. The van der Waals surface area contributed by atoms with Crippen LogP contribution in [-0.4, -0.2) is 39.9 Å². The predicted octanol–water partition coefficient (Wildman–Crippen LogP) is 3.39. The topological polar surface area (TPSA) is 96.4 Å². The largest absolute Gasteiger partial charge is 0.395 e. The van der Waals surface area contributed by atoms with Gasteiger partial charge in [0.1, 0.15) is 35.4 Å². The fourth-order valence-electron chi connectivity index (χ4n) is 4.36. The number of fused-ring (bicyclic) bond motifs is 1. The Bertz CT molecular complexity index is 1330. The summed E-state index contributed by atoms with van der Waals surface area (Å²) < 4.78 is 15.0. The van der Waals surface area contributed by atoms with E-state index in [4.69, 9.17) is 4.84 Å². The van der Waals surface area contributed by atoms with Gasteiger partial charge in [-0.05, 0) is 55.9 Å². The molecule has 9 heteroatoms. The summed E-state index contributed by atoms with van der Waals surface area (Å²) in [6, 6.07) is 10.1. The van der Waals surface area contributed by atoms with Gasteiger partial charge in [-0.3, -0.25) is 9.78 Å². The smallest absolute Gasteiger partial charge is 0.252 e. The molecule has 1 saturated carbocycles. The van der Waals surface area contributed by atoms with E-state index in [1.165, 1.54) is 25.1 Å². The van der Waals surface area contributed by atoms with Crippen LogP contribution in [0.3, 0.4) is 0 Å². The van der Waals surface area contributed by atoms with Crippen LogP contribution in [0.25, 0.3) is 11.0 Å². The first kappa shape index (κ1) is 22.0. The minimum atomic E-state index is -0.390. The number of nitriles is 1. The van der Waals surface area contributed by atoms with E-state index in [2.05, 4.69) is 26.1 Å². The van der Waals surface area contributed by atoms with E-state index < -0.39 is 5.82 Å². The van der Waals surface area contributed by atoms with E-state index in [1.54, 1.807) is 35.9 Å². The molecule has 8 nitrogen and oxygen atoms in total. The van der Waals surface area contributed by atoms with Gasteiger partial charge in [-0.25, -0.2) is 9.37 Å². The molecular formula is C25H25FN6O2. The summed E-state index contributed by atoms with van der Waals surface area (Å²) in [6.07, 6.45) is 5.07. The summed E-state index contributed by atoms with van der Waals surface area (Å²) in [5, 5.41) is 13.7. The van der Waals surface area contributed by atoms with Crippen LogP contribution >= 0.6 is 0 Å². The molecule has 2 aliphatic rings. The van der Waals surface area contributed by atoms with Gasteiger partial charge in [0.2, 0.25) is 0 Å². The summed E-state index contributed by atoms with van der Waals surface area (Å²) in [4.78, 5) is 29.1. The first-order valence-electron chi connectivity index (χ1n) is 11.5. The van der Waals surface area contributed by atoms with Crippen LogP contribution < -0.4 is 10.5 Å². The van der Waals surface area contributed by atoms with Crippen LogP contribution in [0, 0.1) is 29.0 Å². The third-order valence-electron chi connectivity index (χ3n) is 6.57. The summed E-state index contributed by atoms with van der Waals surface area (Å²) in [7, 11) is 1.70. The number of pyridine rings is 3. The fourth-order valence-corrected chi connectivity index (χ4v) is 4.36. The predicted molar refractivity (Wildman–Crippen MR) is 126 cm³/mol. The Morgan fingerprint density at radius 3 is 2.71 bits per heavy atom. The molecule has 174 valence electrons. The lowest BCUT2D eigenvalue weighted by molar-refractivity contribution is 0.132. The zero-order valence-electron chi connectivity index (χ0n) is 18.9. The Morgan fingerprint density at radius 2 is 2.03 bits per heavy atom. The van der Waals surface area contributed by atoms with Crippen molar-refractivity contribution in [2.45, 2.75) is 25.7 Å². The summed E-state index contributed by atoms with van der Waals surface area (Å²) in [5.41, 5.74) is 3.61. The number of rotatable bonds is 6. The van der Waals surface area contributed by atoms with Crippen molar-refractivity contribution < 1.29 is 9.23 Å². The standard InChI is InChI=1S/C25H25FN6O2/c1-31-21-7-5-19(13-27)29-25(21)22(12-23(31)33)32-10-8-17(9-11-32)24(30-34-15-16-2-3-16)20-6-4-18(26)14-28-20/h4-7,12,14,16-17H,2-3,8-11,15H2,1H3/b30-24+. The fraction of sp³-hybridized carbons (Fsp3) is 0.400. The van der Waals surface area contributed by atoms with Crippen LogP contribution in [0.4, 0.5) is 10.1 Å². The molecule has 2 fully saturated rings. The Labute approximate surface area is 196 Å². The molecule has 3 aromatic heterocycles. The highest BCUT2D eigenvalue weighted by molar-refractivity contribution is 6.00. The number of oxime groups is 1. The molecule has 34 heavy (non-hydrogen) atoms. The minimum Gasteiger partial charge on any atom is -0.395 e. The SMILES string of the molecule is Cn1c(=O)cc(N2CCC(/C(=N\OCC3CC3)c3ccc(F)cn3)CC2)c2nc(C#N)ccc21. The van der Waals surface area contributed by atoms with E-state index in [9.17, 15) is 14.4 Å². The highest BCUT2D eigenvalue weighted by atomic mass is 19.1. The maximum Gasteiger partial charge on any atom is 0.252 e. The summed E-state index contributed by atoms with van der Waals surface area (Å²) >= 11 is 0. The summed E-state index contributed by atoms with van der Waals surface area (Å²) in [6.45, 7) is 1.94. The van der Waals surface area contributed by atoms with Gasteiger partial charge in [-0.1, -0.05) is 5.16 Å². The molecule has 0 atom stereocenters. The van der Waals surface area contributed by atoms with Crippen molar-refractivity contribution in [3.63, 3.8) is 0 Å². The molecule has 0 aromatic carbocycles. The molecule has 0 radical (unpaired) electrons. The number of aromatic nitrogens is 3. The van der Waals surface area contributed by atoms with Crippen molar-refractivity contribution >= 4 is 22.4 Å². The van der Waals surface area contributed by atoms with E-state index in [1.807, 2.05) is 0 Å². The Kier molecular flexibility index (Phi) is 5.97. The van der Waals surface area contributed by atoms with Gasteiger partial charge in [-0.2, -0.15) is 5.26 Å². The van der Waals surface area contributed by atoms with E-state index in [-0.39, 0.29) is 11.5 Å². The monoisotopic (exact) mass is 460 g/mol. The highest BCUT2D eigenvalue weighted by Gasteiger charge is 2.28. The molecule has 0 N–H and O–H groups in total. The molecule has 0 unspecified atom stereocenters. The number of halogens is 1. The Morgan fingerprint density at radius 1 is 1.24 bits per heavy atom. The van der Waals surface area contributed by atoms with Gasteiger partial charge >= 0.3 is 0 Å². The van der Waals surface area contributed by atoms with Crippen molar-refractivity contribution in [1.29, 1.82) is 5.26 Å². The number of hydrogen-bond donors (Lipinski definition) is 0. The van der Waals surface area contributed by atoms with Crippen LogP contribution in [0.5, 0.6) is 0 Å². The lowest BCUT2D eigenvalue weighted by Crippen LogP contribution is -2.38. The number of hydrogen-bond acceptors (Lipinski definition) is 7. The van der Waals surface area contributed by atoms with Crippen molar-refractivity contribution in [2.24, 2.45) is 24.0 Å². The number of aryl methyl sites for hydroxylation is 1. The molecule has 5 rings (SSSR count). The van der Waals surface area contributed by atoms with Crippen LogP contribution in [-0.2, 0) is 11.9 Å². The second kappa shape index (κ2) is 9.21. The van der Waals surface area contributed by atoms with Crippen molar-refractivity contribution in [2.75, 3.05) is 24.6 Å². The lowest BCUT2D eigenvalue weighted by Gasteiger charge is -2.34. The normalized spacial score (nSPS) is 17.1. The number of nitrogens with zero attached hydrogens (tertiary/aromatic N) is 6. The van der Waals surface area contributed by atoms with Gasteiger partial charge in [0.15, 0.2) is 0 Å². The third kappa shape index (κ3) is 4.49. The highest BCUT2D eigenvalue weighted by Crippen LogP contribution is 2.31. The molecule has 0 bridgehead atoms. The second-order valence-corrected chi connectivity index (χ2v) is 8.94. The van der Waals surface area contributed by atoms with Gasteiger partial charge in [0.25, 0.3) is 5.56 Å². The van der Waals surface area contributed by atoms with E-state index in [0.29, 0.717) is 48.0 Å². The summed E-state index contributed by atoms with van der Waals surface area (Å²) in [5.74, 6) is 0.278. The van der Waals surface area contributed by atoms with E-state index >= 15 is 0 Å². The molecular weight excluding hydrogens is 435 g/mol. The van der Waals surface area contributed by atoms with Crippen LogP contribution in [0.1, 0.15) is 37.1 Å². The first-order valence-corrected chi connectivity index (χ1v) is 11.5. The molecule has 3 aromatic rings. The minimum absolute atomic E-state index is 0.0915. The second-order valence-electron chi connectivity index (χ2n) is 8.94. The quantitative estimate of drug-likeness (QED) is 0.413. The van der Waals surface area contributed by atoms with Crippen LogP contribution in [0.15, 0.2) is 46.5 Å². The van der Waals surface area contributed by atoms with E-state index in [0.717, 1.165) is 24.2 Å². The van der Waals surface area contributed by atoms with Crippen molar-refractivity contribution in [1.82, 2.24) is 14.5 Å². The maximum atomic E-state index is 13.4. The molecule has 1 aliphatic carbocycles. The van der Waals surface area contributed by atoms with Gasteiger partial charge < -0.3 is 14.3 Å². The third-order valence-corrected chi connectivity index (χ3v) is 6.57. The molecule has 4 heterocycles. The zero-order valence-corrected chi connectivity index (χ0v) is 18.9. The van der Waals surface area contributed by atoms with Crippen LogP contribution in [0.2, 0.25) is 0 Å². The van der Waals surface area contributed by atoms with Gasteiger partial charge in [0.05, 0.1) is 23.1 Å². The van der Waals surface area contributed by atoms with Gasteiger partial charge in [-0.15, -0.1) is 0 Å². The Balaban J connectivity index is 1.40. The van der Waals surface area contributed by atoms with Crippen molar-refractivity contribution in [3.8, 4) is 6.07 Å². The first-order chi connectivity index (χ1) is 16.5. The lowest BCUT2D eigenvalue weighted by atomic mass is 9.89. The average molecular weight is 461 g/mol. The zero-order chi connectivity index (χ0) is 23.7. The molecule has 1 saturated heterocycles.